The van der Waals surface area contributed by atoms with Gasteiger partial charge < -0.3 is 10.0 Å². The molecule has 0 bridgehead atoms. The van der Waals surface area contributed by atoms with Crippen LogP contribution < -0.4 is 0 Å². The standard InChI is InChI=1S/C17H25NO5S/c1-12-17(2,3)14-11-13(24(21,22)23)8-9-15(14)18(12)10-6-4-5-7-16(19)20/h9,11-12H,4-8,10H2,1-3H3,(H-,19,20,21,22,23)/p+1. The number of allylic oxidation sites excluding steroid dienone is 3. The smallest absolute Gasteiger partial charge is 0.303 e. The van der Waals surface area contributed by atoms with Gasteiger partial charge in [0.2, 0.25) is 5.70 Å². The molecule has 0 amide bonds. The summed E-state index contributed by atoms with van der Waals surface area (Å²) in [4.78, 5) is 12.9. The van der Waals surface area contributed by atoms with E-state index < -0.39 is 16.1 Å². The number of carbonyl (C=O) groups is 1. The van der Waals surface area contributed by atoms with E-state index in [1.807, 2.05) is 6.42 Å². The van der Waals surface area contributed by atoms with Crippen LogP contribution >= 0.6 is 0 Å². The van der Waals surface area contributed by atoms with Crippen molar-refractivity contribution in [3.63, 3.8) is 0 Å². The van der Waals surface area contributed by atoms with Gasteiger partial charge in [-0.25, -0.2) is 0 Å². The van der Waals surface area contributed by atoms with Crippen molar-refractivity contribution in [2.75, 3.05) is 6.54 Å². The predicted octanol–water partition coefficient (Wildman–Crippen LogP) is 3.00. The van der Waals surface area contributed by atoms with Crippen LogP contribution in [0.25, 0.3) is 0 Å². The Kier molecular flexibility index (Phi) is 5.34. The van der Waals surface area contributed by atoms with Crippen LogP contribution in [0, 0.1) is 11.8 Å². The van der Waals surface area contributed by atoms with E-state index in [-0.39, 0.29) is 29.2 Å². The Morgan fingerprint density at radius 3 is 2.62 bits per heavy atom. The van der Waals surface area contributed by atoms with Crippen molar-refractivity contribution in [2.24, 2.45) is 5.41 Å². The monoisotopic (exact) mass is 356 g/mol. The molecule has 1 aliphatic heterocycles. The van der Waals surface area contributed by atoms with Gasteiger partial charge in [0.15, 0.2) is 0 Å². The summed E-state index contributed by atoms with van der Waals surface area (Å²) in [6, 6.07) is 0.204. The first kappa shape index (κ1) is 18.9. The number of hydrogen-bond acceptors (Lipinski definition) is 4. The van der Waals surface area contributed by atoms with Crippen LogP contribution in [0.3, 0.4) is 0 Å². The molecule has 0 saturated heterocycles. The first-order chi connectivity index (χ1) is 11.0. The maximum absolute atomic E-state index is 11.4. The number of nitrogens with zero attached hydrogens (tertiary/aromatic N) is 1. The van der Waals surface area contributed by atoms with Crippen LogP contribution in [0.4, 0.5) is 0 Å². The molecule has 2 aliphatic rings. The van der Waals surface area contributed by atoms with Gasteiger partial charge in [0, 0.05) is 19.0 Å². The lowest BCUT2D eigenvalue weighted by molar-refractivity contribution is -0.137. The summed E-state index contributed by atoms with van der Waals surface area (Å²) in [6.07, 6.45) is 6.31. The Morgan fingerprint density at radius 1 is 1.38 bits per heavy atom. The van der Waals surface area contributed by atoms with Crippen LogP contribution in [-0.2, 0) is 14.9 Å². The van der Waals surface area contributed by atoms with Gasteiger partial charge in [-0.2, -0.15) is 8.42 Å². The first-order valence-electron chi connectivity index (χ1n) is 8.29. The minimum Gasteiger partial charge on any atom is -0.481 e. The van der Waals surface area contributed by atoms with Crippen LogP contribution in [0.15, 0.2) is 22.3 Å². The summed E-state index contributed by atoms with van der Waals surface area (Å²) in [7, 11) is -4.16. The quantitative estimate of drug-likeness (QED) is 0.414. The third kappa shape index (κ3) is 3.78. The summed E-state index contributed by atoms with van der Waals surface area (Å²) < 4.78 is 32.2. The van der Waals surface area contributed by atoms with E-state index in [9.17, 15) is 17.8 Å². The van der Waals surface area contributed by atoms with E-state index in [4.69, 9.17) is 5.11 Å². The van der Waals surface area contributed by atoms with E-state index in [1.165, 1.54) is 0 Å². The normalized spacial score (nSPS) is 22.9. The second-order valence-corrected chi connectivity index (χ2v) is 8.56. The van der Waals surface area contributed by atoms with Gasteiger partial charge in [0.25, 0.3) is 10.1 Å². The third-order valence-corrected chi connectivity index (χ3v) is 6.16. The average molecular weight is 356 g/mol. The van der Waals surface area contributed by atoms with Gasteiger partial charge in [0.1, 0.15) is 10.5 Å². The largest absolute Gasteiger partial charge is 0.481 e. The number of carboxylic acid groups (broad SMARTS) is 1. The lowest BCUT2D eigenvalue weighted by Gasteiger charge is -2.29. The molecule has 1 aliphatic carbocycles. The Balaban J connectivity index is 2.12. The SMILES string of the molecule is CC1N(CCCCCC(=O)O)C2=C(C=C(S(=O)(=O)O)C[CH+]2)C1(C)C. The van der Waals surface area contributed by atoms with Crippen molar-refractivity contribution in [1.29, 1.82) is 0 Å². The van der Waals surface area contributed by atoms with E-state index in [0.717, 1.165) is 30.7 Å². The van der Waals surface area contributed by atoms with Crippen LogP contribution in [-0.4, -0.2) is 41.5 Å². The molecule has 24 heavy (non-hydrogen) atoms. The number of aliphatic carboxylic acids is 1. The predicted molar refractivity (Wildman–Crippen MR) is 91.6 cm³/mol. The molecule has 1 unspecified atom stereocenters. The summed E-state index contributed by atoms with van der Waals surface area (Å²) >= 11 is 0. The highest BCUT2D eigenvalue weighted by atomic mass is 32.2. The number of unbranched alkanes of at least 4 members (excludes halogenated alkanes) is 2. The Hall–Kier alpha value is -1.47. The van der Waals surface area contributed by atoms with Crippen LogP contribution in [0.2, 0.25) is 0 Å². The molecule has 134 valence electrons. The molecule has 2 N–H and O–H groups in total. The number of carboxylic acids is 1. The zero-order valence-electron chi connectivity index (χ0n) is 14.4. The Morgan fingerprint density at radius 2 is 2.04 bits per heavy atom. The molecule has 0 aromatic carbocycles. The molecule has 1 heterocycles. The van der Waals surface area contributed by atoms with Crippen molar-refractivity contribution in [3.8, 4) is 0 Å². The molecule has 0 aromatic heterocycles. The van der Waals surface area contributed by atoms with Crippen molar-refractivity contribution >= 4 is 16.1 Å². The fourth-order valence-electron chi connectivity index (χ4n) is 3.44. The van der Waals surface area contributed by atoms with E-state index >= 15 is 0 Å². The zero-order chi connectivity index (χ0) is 18.1. The highest BCUT2D eigenvalue weighted by Gasteiger charge is 2.51. The Labute approximate surface area is 144 Å². The minimum absolute atomic E-state index is 0.0461. The zero-order valence-corrected chi connectivity index (χ0v) is 15.3. The summed E-state index contributed by atoms with van der Waals surface area (Å²) in [6.45, 7) is 7.09. The molecule has 0 fully saturated rings. The fraction of sp³-hybridized carbons (Fsp3) is 0.647. The second-order valence-electron chi connectivity index (χ2n) is 7.09. The minimum atomic E-state index is -4.16. The van der Waals surface area contributed by atoms with Gasteiger partial charge in [-0.05, 0) is 33.6 Å². The maximum atomic E-state index is 11.4. The molecule has 0 spiro atoms. The maximum Gasteiger partial charge on any atom is 0.303 e. The first-order valence-corrected chi connectivity index (χ1v) is 9.73. The molecule has 7 heteroatoms. The topological polar surface area (TPSA) is 94.9 Å². The molecular weight excluding hydrogens is 330 g/mol. The molecule has 2 rings (SSSR count). The fourth-order valence-corrected chi connectivity index (χ4v) is 4.00. The molecular formula is C17H26NO5S+. The lowest BCUT2D eigenvalue weighted by atomic mass is 9.79. The Bertz CT molecular complexity index is 675. The van der Waals surface area contributed by atoms with Gasteiger partial charge in [0.05, 0.1) is 24.3 Å². The molecule has 0 saturated carbocycles. The number of hydrogen-bond donors (Lipinski definition) is 2. The van der Waals surface area contributed by atoms with E-state index in [0.29, 0.717) is 6.42 Å². The van der Waals surface area contributed by atoms with Crippen molar-refractivity contribution in [3.05, 3.63) is 28.7 Å². The molecule has 1 atom stereocenters. The van der Waals surface area contributed by atoms with Gasteiger partial charge in [-0.15, -0.1) is 0 Å². The summed E-state index contributed by atoms with van der Waals surface area (Å²) in [5.41, 5.74) is 1.76. The lowest BCUT2D eigenvalue weighted by Crippen LogP contribution is -2.36. The van der Waals surface area contributed by atoms with Crippen molar-refractivity contribution in [1.82, 2.24) is 4.90 Å². The molecule has 0 radical (unpaired) electrons. The second kappa shape index (κ2) is 6.80. The van der Waals surface area contributed by atoms with Gasteiger partial charge >= 0.3 is 5.97 Å². The van der Waals surface area contributed by atoms with Crippen LogP contribution in [0.5, 0.6) is 0 Å². The van der Waals surface area contributed by atoms with Gasteiger partial charge in [-0.3, -0.25) is 9.35 Å². The highest BCUT2D eigenvalue weighted by Crippen LogP contribution is 2.48. The van der Waals surface area contributed by atoms with Crippen molar-refractivity contribution in [2.45, 2.75) is 58.9 Å². The summed E-state index contributed by atoms with van der Waals surface area (Å²) in [5, 5.41) is 8.68. The van der Waals surface area contributed by atoms with E-state index in [1.54, 1.807) is 6.08 Å². The van der Waals surface area contributed by atoms with Gasteiger partial charge in [-0.1, -0.05) is 6.42 Å². The number of rotatable bonds is 7. The highest BCUT2D eigenvalue weighted by molar-refractivity contribution is 7.89. The molecule has 6 nitrogen and oxygen atoms in total. The van der Waals surface area contributed by atoms with Crippen molar-refractivity contribution < 1.29 is 22.9 Å². The third-order valence-electron chi connectivity index (χ3n) is 5.21. The average Bonchev–Trinajstić information content (AvgIpc) is 2.66. The molecule has 0 aromatic rings. The summed E-state index contributed by atoms with van der Waals surface area (Å²) in [5.74, 6) is -0.765. The van der Waals surface area contributed by atoms with E-state index in [2.05, 4.69) is 25.7 Å². The van der Waals surface area contributed by atoms with Crippen LogP contribution in [0.1, 0.15) is 52.9 Å².